The molecule has 2 rings (SSSR count). The summed E-state index contributed by atoms with van der Waals surface area (Å²) in [6.45, 7) is 6.05. The van der Waals surface area contributed by atoms with Crippen LogP contribution in [0.5, 0.6) is 0 Å². The lowest BCUT2D eigenvalue weighted by atomic mass is 10.0. The minimum Gasteiger partial charge on any atom is -0.462 e. The Labute approximate surface area is 129 Å². The molecule has 0 aliphatic carbocycles. The van der Waals surface area contributed by atoms with Crippen LogP contribution >= 0.6 is 11.3 Å². The third-order valence-corrected chi connectivity index (χ3v) is 4.51. The topological polar surface area (TPSA) is 67.4 Å². The molecule has 2 N–H and O–H groups in total. The van der Waals surface area contributed by atoms with Crippen LogP contribution in [0.1, 0.15) is 41.4 Å². The second-order valence-corrected chi connectivity index (χ2v) is 6.52. The summed E-state index contributed by atoms with van der Waals surface area (Å²) in [6.07, 6.45) is 2.52. The molecule has 116 valence electrons. The van der Waals surface area contributed by atoms with Gasteiger partial charge in [0.1, 0.15) is 5.00 Å². The Morgan fingerprint density at radius 1 is 1.52 bits per heavy atom. The fourth-order valence-electron chi connectivity index (χ4n) is 2.45. The molecular weight excluding hydrogens is 288 g/mol. The molecule has 6 heteroatoms. The van der Waals surface area contributed by atoms with E-state index >= 15 is 0 Å². The molecule has 1 aromatic rings. The first-order valence-electron chi connectivity index (χ1n) is 7.38. The van der Waals surface area contributed by atoms with Gasteiger partial charge < -0.3 is 15.4 Å². The van der Waals surface area contributed by atoms with E-state index < -0.39 is 0 Å². The zero-order chi connectivity index (χ0) is 15.2. The molecule has 1 saturated heterocycles. The lowest BCUT2D eigenvalue weighted by molar-refractivity contribution is -0.116. The molecule has 1 fully saturated rings. The fourth-order valence-corrected chi connectivity index (χ4v) is 3.37. The van der Waals surface area contributed by atoms with Crippen molar-refractivity contribution in [2.75, 3.05) is 25.0 Å². The van der Waals surface area contributed by atoms with Crippen molar-refractivity contribution in [3.63, 3.8) is 0 Å². The van der Waals surface area contributed by atoms with Crippen molar-refractivity contribution in [2.24, 2.45) is 5.92 Å². The second-order valence-electron chi connectivity index (χ2n) is 5.27. The van der Waals surface area contributed by atoms with Gasteiger partial charge in [0.15, 0.2) is 0 Å². The maximum Gasteiger partial charge on any atom is 0.341 e. The van der Waals surface area contributed by atoms with E-state index in [1.165, 1.54) is 11.3 Å². The van der Waals surface area contributed by atoms with Crippen molar-refractivity contribution in [2.45, 2.75) is 33.1 Å². The summed E-state index contributed by atoms with van der Waals surface area (Å²) in [5.74, 6) is 0.178. The van der Waals surface area contributed by atoms with Crippen LogP contribution < -0.4 is 10.6 Å². The summed E-state index contributed by atoms with van der Waals surface area (Å²) in [4.78, 5) is 24.9. The fraction of sp³-hybridized carbons (Fsp3) is 0.600. The van der Waals surface area contributed by atoms with Gasteiger partial charge in [-0.1, -0.05) is 0 Å². The maximum absolute atomic E-state index is 12.0. The Bertz CT molecular complexity index is 507. The van der Waals surface area contributed by atoms with E-state index in [0.29, 0.717) is 29.5 Å². The first kappa shape index (κ1) is 16.0. The van der Waals surface area contributed by atoms with Crippen LogP contribution in [0, 0.1) is 12.8 Å². The first-order valence-corrected chi connectivity index (χ1v) is 8.20. The monoisotopic (exact) mass is 310 g/mol. The highest BCUT2D eigenvalue weighted by Gasteiger charge is 2.19. The molecule has 1 aliphatic heterocycles. The number of hydrogen-bond acceptors (Lipinski definition) is 5. The molecule has 0 saturated carbocycles. The molecule has 0 aromatic carbocycles. The predicted molar refractivity (Wildman–Crippen MR) is 83.9 cm³/mol. The van der Waals surface area contributed by atoms with Gasteiger partial charge in [0.2, 0.25) is 5.91 Å². The number of amides is 1. The molecule has 1 atom stereocenters. The highest BCUT2D eigenvalue weighted by atomic mass is 32.1. The smallest absolute Gasteiger partial charge is 0.341 e. The number of anilines is 1. The number of hydrogen-bond donors (Lipinski definition) is 2. The van der Waals surface area contributed by atoms with E-state index in [1.807, 2.05) is 6.92 Å². The van der Waals surface area contributed by atoms with Gasteiger partial charge in [-0.05, 0) is 51.8 Å². The van der Waals surface area contributed by atoms with Gasteiger partial charge in [-0.3, -0.25) is 4.79 Å². The van der Waals surface area contributed by atoms with E-state index in [9.17, 15) is 9.59 Å². The third-order valence-electron chi connectivity index (χ3n) is 3.55. The van der Waals surface area contributed by atoms with E-state index in [1.54, 1.807) is 13.0 Å². The second kappa shape index (κ2) is 7.56. The molecule has 21 heavy (non-hydrogen) atoms. The predicted octanol–water partition coefficient (Wildman–Crippen LogP) is 2.56. The van der Waals surface area contributed by atoms with Crippen LogP contribution in [0.2, 0.25) is 0 Å². The Balaban J connectivity index is 1.91. The van der Waals surface area contributed by atoms with Crippen LogP contribution in [0.4, 0.5) is 5.00 Å². The SMILES string of the molecule is CCOC(=O)c1cc(C)sc1NC(=O)CCC1CCNC1. The van der Waals surface area contributed by atoms with Gasteiger partial charge in [0.05, 0.1) is 12.2 Å². The molecule has 1 amide bonds. The number of rotatable bonds is 6. The summed E-state index contributed by atoms with van der Waals surface area (Å²) < 4.78 is 5.01. The number of aryl methyl sites for hydroxylation is 1. The summed E-state index contributed by atoms with van der Waals surface area (Å²) in [5, 5.41) is 6.75. The van der Waals surface area contributed by atoms with Crippen LogP contribution in [-0.4, -0.2) is 31.6 Å². The number of nitrogens with one attached hydrogen (secondary N) is 2. The van der Waals surface area contributed by atoms with Crippen LogP contribution in [0.3, 0.4) is 0 Å². The number of carbonyl (C=O) groups is 2. The summed E-state index contributed by atoms with van der Waals surface area (Å²) in [5.41, 5.74) is 0.454. The van der Waals surface area contributed by atoms with Gasteiger partial charge in [-0.15, -0.1) is 11.3 Å². The molecule has 2 heterocycles. The average molecular weight is 310 g/mol. The number of ether oxygens (including phenoxy) is 1. The standard InChI is InChI=1S/C15H22N2O3S/c1-3-20-15(19)12-8-10(2)21-14(12)17-13(18)5-4-11-6-7-16-9-11/h8,11,16H,3-7,9H2,1-2H3,(H,17,18). The highest BCUT2D eigenvalue weighted by molar-refractivity contribution is 7.16. The maximum atomic E-state index is 12.0. The van der Waals surface area contributed by atoms with Crippen LogP contribution in [-0.2, 0) is 9.53 Å². The third kappa shape index (κ3) is 4.54. The lowest BCUT2D eigenvalue weighted by Gasteiger charge is -2.09. The van der Waals surface area contributed by atoms with E-state index in [4.69, 9.17) is 4.74 Å². The molecule has 1 aliphatic rings. The van der Waals surface area contributed by atoms with Gasteiger partial charge in [-0.2, -0.15) is 0 Å². The van der Waals surface area contributed by atoms with Crippen molar-refractivity contribution in [1.29, 1.82) is 0 Å². The van der Waals surface area contributed by atoms with Crippen LogP contribution in [0.25, 0.3) is 0 Å². The van der Waals surface area contributed by atoms with Gasteiger partial charge >= 0.3 is 5.97 Å². The number of carbonyl (C=O) groups excluding carboxylic acids is 2. The van der Waals surface area contributed by atoms with E-state index in [2.05, 4.69) is 10.6 Å². The largest absolute Gasteiger partial charge is 0.462 e. The molecule has 1 unspecified atom stereocenters. The molecule has 5 nitrogen and oxygen atoms in total. The summed E-state index contributed by atoms with van der Waals surface area (Å²) in [6, 6.07) is 1.76. The van der Waals surface area contributed by atoms with Crippen molar-refractivity contribution in [1.82, 2.24) is 5.32 Å². The Morgan fingerprint density at radius 3 is 3.00 bits per heavy atom. The highest BCUT2D eigenvalue weighted by Crippen LogP contribution is 2.28. The van der Waals surface area contributed by atoms with Gasteiger partial charge in [0, 0.05) is 11.3 Å². The number of thiophene rings is 1. The minimum atomic E-state index is -0.378. The summed E-state index contributed by atoms with van der Waals surface area (Å²) >= 11 is 1.41. The lowest BCUT2D eigenvalue weighted by Crippen LogP contribution is -2.16. The zero-order valence-electron chi connectivity index (χ0n) is 12.5. The average Bonchev–Trinajstić information content (AvgIpc) is 3.06. The van der Waals surface area contributed by atoms with Gasteiger partial charge in [-0.25, -0.2) is 4.79 Å². The molecule has 0 bridgehead atoms. The van der Waals surface area contributed by atoms with Crippen molar-refractivity contribution in [3.8, 4) is 0 Å². The van der Waals surface area contributed by atoms with Crippen molar-refractivity contribution in [3.05, 3.63) is 16.5 Å². The first-order chi connectivity index (χ1) is 10.1. The van der Waals surface area contributed by atoms with E-state index in [0.717, 1.165) is 30.8 Å². The van der Waals surface area contributed by atoms with Crippen LogP contribution in [0.15, 0.2) is 6.07 Å². The van der Waals surface area contributed by atoms with Crippen molar-refractivity contribution < 1.29 is 14.3 Å². The van der Waals surface area contributed by atoms with E-state index in [-0.39, 0.29) is 11.9 Å². The Morgan fingerprint density at radius 2 is 2.33 bits per heavy atom. The summed E-state index contributed by atoms with van der Waals surface area (Å²) in [7, 11) is 0. The quantitative estimate of drug-likeness (QED) is 0.793. The Kier molecular flexibility index (Phi) is 5.76. The number of esters is 1. The molecule has 0 spiro atoms. The molecule has 0 radical (unpaired) electrons. The molecular formula is C15H22N2O3S. The minimum absolute atomic E-state index is 0.0331. The van der Waals surface area contributed by atoms with Gasteiger partial charge in [0.25, 0.3) is 0 Å². The molecule has 1 aromatic heterocycles. The normalized spacial score (nSPS) is 17.7. The zero-order valence-corrected chi connectivity index (χ0v) is 13.3. The van der Waals surface area contributed by atoms with Crippen molar-refractivity contribution >= 4 is 28.2 Å². The Hall–Kier alpha value is -1.40.